The van der Waals surface area contributed by atoms with Gasteiger partial charge in [0.15, 0.2) is 11.2 Å². The Labute approximate surface area is 429 Å². The van der Waals surface area contributed by atoms with Gasteiger partial charge in [0.2, 0.25) is 10.9 Å². The summed E-state index contributed by atoms with van der Waals surface area (Å²) in [6, 6.07) is 44.3. The van der Waals surface area contributed by atoms with Crippen LogP contribution in [0.5, 0.6) is 17.2 Å². The summed E-state index contributed by atoms with van der Waals surface area (Å²) < 4.78 is 52.0. The summed E-state index contributed by atoms with van der Waals surface area (Å²) in [6.07, 6.45) is 5.76. The van der Waals surface area contributed by atoms with Crippen LogP contribution < -0.4 is 14.2 Å². The maximum Gasteiger partial charge on any atom is 0.379 e. The van der Waals surface area contributed by atoms with E-state index in [9.17, 15) is 9.59 Å². The molecular formula is C61H58O11S. The highest BCUT2D eigenvalue weighted by Gasteiger charge is 2.34. The van der Waals surface area contributed by atoms with E-state index in [1.807, 2.05) is 140 Å². The molecule has 2 aliphatic heterocycles. The maximum atomic E-state index is 13.3. The molecule has 0 aliphatic carbocycles. The minimum atomic E-state index is -0.612. The number of aryl methyl sites for hydroxylation is 1. The van der Waals surface area contributed by atoms with Gasteiger partial charge in [-0.3, -0.25) is 4.79 Å². The van der Waals surface area contributed by atoms with E-state index in [0.717, 1.165) is 113 Å². The minimum absolute atomic E-state index is 0.0284. The number of furan rings is 2. The Balaban J connectivity index is 0.684. The summed E-state index contributed by atoms with van der Waals surface area (Å²) in [5.41, 5.74) is 7.98. The number of hydrogen-bond acceptors (Lipinski definition) is 12. The average molecular weight is 999 g/mol. The lowest BCUT2D eigenvalue weighted by Gasteiger charge is -2.37. The van der Waals surface area contributed by atoms with Crippen LogP contribution in [-0.2, 0) is 18.9 Å². The lowest BCUT2D eigenvalue weighted by molar-refractivity contribution is -0.139. The van der Waals surface area contributed by atoms with Gasteiger partial charge in [-0.15, -0.1) is 0 Å². The zero-order chi connectivity index (χ0) is 50.2. The summed E-state index contributed by atoms with van der Waals surface area (Å²) in [4.78, 5) is 27.5. The summed E-state index contributed by atoms with van der Waals surface area (Å²) in [6.45, 7) is 13.2. The van der Waals surface area contributed by atoms with Crippen molar-refractivity contribution in [2.75, 3.05) is 66.1 Å². The van der Waals surface area contributed by atoms with Gasteiger partial charge in [-0.2, -0.15) is 0 Å². The van der Waals surface area contributed by atoms with Crippen LogP contribution in [0.15, 0.2) is 153 Å². The van der Waals surface area contributed by atoms with E-state index in [1.54, 1.807) is 18.2 Å². The SMILES string of the molecule is Cc1cc(SC(=O)c2ccc(-c3ccc(OCCCCOCC4(C)COC4)cc3)cc2)ccc1/C=C/c1cc2ccc3cc(C(=O)Oc4ccc(-c5ccc(OCCOCC6(C)COC6)cc5)cc4)oc3c2o1. The molecule has 0 saturated carbocycles. The van der Waals surface area contributed by atoms with Gasteiger partial charge in [0.05, 0.1) is 52.9 Å². The van der Waals surface area contributed by atoms with Gasteiger partial charge < -0.3 is 42.0 Å². The summed E-state index contributed by atoms with van der Waals surface area (Å²) in [7, 11) is 0. The first-order chi connectivity index (χ1) is 35.5. The Morgan fingerprint density at radius 2 is 1.10 bits per heavy atom. The number of ether oxygens (including phenoxy) is 7. The van der Waals surface area contributed by atoms with Gasteiger partial charge in [-0.05, 0) is 144 Å². The number of rotatable bonds is 22. The van der Waals surface area contributed by atoms with Gasteiger partial charge in [0.1, 0.15) is 29.6 Å². The van der Waals surface area contributed by atoms with Crippen molar-refractivity contribution in [3.05, 3.63) is 168 Å². The summed E-state index contributed by atoms with van der Waals surface area (Å²) >= 11 is 1.21. The lowest BCUT2D eigenvalue weighted by atomic mass is 9.90. The number of unbranched alkanes of at least 4 members (excludes halogenated alkanes) is 1. The van der Waals surface area contributed by atoms with Crippen LogP contribution in [0.3, 0.4) is 0 Å². The molecule has 2 fully saturated rings. The molecule has 12 heteroatoms. The van der Waals surface area contributed by atoms with Crippen LogP contribution in [0.2, 0.25) is 0 Å². The van der Waals surface area contributed by atoms with Gasteiger partial charge in [-0.1, -0.05) is 86.7 Å². The van der Waals surface area contributed by atoms with Crippen LogP contribution >= 0.6 is 11.8 Å². The topological polar surface area (TPSA) is 125 Å². The van der Waals surface area contributed by atoms with Crippen molar-refractivity contribution in [2.24, 2.45) is 10.8 Å². The second-order valence-electron chi connectivity index (χ2n) is 19.6. The number of esters is 1. The van der Waals surface area contributed by atoms with E-state index in [-0.39, 0.29) is 21.7 Å². The second kappa shape index (κ2) is 22.5. The Morgan fingerprint density at radius 1 is 0.562 bits per heavy atom. The highest BCUT2D eigenvalue weighted by atomic mass is 32.2. The Bertz CT molecular complexity index is 3200. The molecule has 2 aromatic heterocycles. The van der Waals surface area contributed by atoms with Crippen LogP contribution in [0.25, 0.3) is 56.3 Å². The molecule has 0 bridgehead atoms. The molecule has 0 amide bonds. The van der Waals surface area contributed by atoms with Crippen molar-refractivity contribution in [2.45, 2.75) is 38.5 Å². The van der Waals surface area contributed by atoms with E-state index in [4.69, 9.17) is 42.0 Å². The smallest absolute Gasteiger partial charge is 0.379 e. The molecule has 73 heavy (non-hydrogen) atoms. The zero-order valence-corrected chi connectivity index (χ0v) is 42.1. The van der Waals surface area contributed by atoms with Gasteiger partial charge in [0.25, 0.3) is 0 Å². The molecule has 0 spiro atoms. The fourth-order valence-electron chi connectivity index (χ4n) is 8.61. The van der Waals surface area contributed by atoms with E-state index < -0.39 is 5.97 Å². The molecule has 374 valence electrons. The van der Waals surface area contributed by atoms with Crippen molar-refractivity contribution in [3.63, 3.8) is 0 Å². The molecule has 6 aromatic carbocycles. The number of fused-ring (bicyclic) bond motifs is 3. The Kier molecular flexibility index (Phi) is 15.3. The van der Waals surface area contributed by atoms with Gasteiger partial charge >= 0.3 is 5.97 Å². The van der Waals surface area contributed by atoms with Crippen LogP contribution in [0, 0.1) is 17.8 Å². The fourth-order valence-corrected chi connectivity index (χ4v) is 9.45. The number of carbonyl (C=O) groups is 2. The van der Waals surface area contributed by atoms with Crippen LogP contribution in [-0.4, -0.2) is 77.2 Å². The molecule has 0 atom stereocenters. The van der Waals surface area contributed by atoms with Crippen LogP contribution in [0.4, 0.5) is 0 Å². The second-order valence-corrected chi connectivity index (χ2v) is 20.6. The summed E-state index contributed by atoms with van der Waals surface area (Å²) in [5.74, 6) is 2.07. The largest absolute Gasteiger partial charge is 0.494 e. The fraction of sp³-hybridized carbons (Fsp3) is 0.279. The monoisotopic (exact) mass is 998 g/mol. The predicted molar refractivity (Wildman–Crippen MR) is 285 cm³/mol. The molecule has 2 aliphatic rings. The third-order valence-electron chi connectivity index (χ3n) is 13.0. The molecule has 0 N–H and O–H groups in total. The molecular weight excluding hydrogens is 941 g/mol. The number of hydrogen-bond donors (Lipinski definition) is 0. The first-order valence-corrected chi connectivity index (χ1v) is 25.5. The van der Waals surface area contributed by atoms with Crippen molar-refractivity contribution >= 4 is 56.9 Å². The molecule has 2 saturated heterocycles. The molecule has 0 unspecified atom stereocenters. The number of benzene rings is 6. The van der Waals surface area contributed by atoms with Crippen molar-refractivity contribution in [3.8, 4) is 39.5 Å². The predicted octanol–water partition coefficient (Wildman–Crippen LogP) is 13.8. The van der Waals surface area contributed by atoms with Gasteiger partial charge in [-0.25, -0.2) is 4.79 Å². The van der Waals surface area contributed by atoms with E-state index in [2.05, 4.69) is 13.8 Å². The first kappa shape index (κ1) is 49.6. The maximum absolute atomic E-state index is 13.3. The van der Waals surface area contributed by atoms with E-state index >= 15 is 0 Å². The molecule has 11 nitrogen and oxygen atoms in total. The van der Waals surface area contributed by atoms with Crippen molar-refractivity contribution in [1.29, 1.82) is 0 Å². The van der Waals surface area contributed by atoms with Gasteiger partial charge in [0, 0.05) is 38.7 Å². The van der Waals surface area contributed by atoms with Crippen molar-refractivity contribution < 1.29 is 51.6 Å². The zero-order valence-electron chi connectivity index (χ0n) is 41.3. The minimum Gasteiger partial charge on any atom is -0.494 e. The average Bonchev–Trinajstić information content (AvgIpc) is 4.03. The molecule has 0 radical (unpaired) electrons. The highest BCUT2D eigenvalue weighted by molar-refractivity contribution is 8.14. The summed E-state index contributed by atoms with van der Waals surface area (Å²) in [5, 5.41) is 1.53. The van der Waals surface area contributed by atoms with E-state index in [1.165, 1.54) is 11.8 Å². The van der Waals surface area contributed by atoms with Crippen LogP contribution in [0.1, 0.15) is 64.5 Å². The normalized spacial score (nSPS) is 14.8. The van der Waals surface area contributed by atoms with Crippen molar-refractivity contribution in [1.82, 2.24) is 0 Å². The molecule has 10 rings (SSSR count). The number of carbonyl (C=O) groups excluding carboxylic acids is 2. The Hall–Kier alpha value is -6.93. The standard InChI is InChI=1S/C61H58O11S/c1-41-32-54(73-59(63)47-8-6-43(7-9-47)44-13-20-50(21-14-44)68-29-5-4-28-64-35-60(2)37-66-38-60)27-19-42(41)12-26-53-33-48-10-11-49-34-55(72-57(49)56(48)70-53)58(62)71-52-24-17-46(18-25-52)45-15-22-51(23-16-45)69-31-30-65-36-61(3)39-67-40-61/h6-27,32-34H,4-5,28-31,35-40H2,1-3H3/b26-12+. The Morgan fingerprint density at radius 3 is 1.68 bits per heavy atom. The molecule has 8 aromatic rings. The first-order valence-electron chi connectivity index (χ1n) is 24.7. The van der Waals surface area contributed by atoms with E-state index in [0.29, 0.717) is 54.7 Å². The molecule has 4 heterocycles. The third kappa shape index (κ3) is 12.5. The quantitative estimate of drug-likeness (QED) is 0.0278. The third-order valence-corrected chi connectivity index (χ3v) is 13.9. The lowest BCUT2D eigenvalue weighted by Crippen LogP contribution is -2.43. The highest BCUT2D eigenvalue weighted by Crippen LogP contribution is 2.34. The number of thioether (sulfide) groups is 1.